The second-order valence-electron chi connectivity index (χ2n) is 12.6. The zero-order valence-electron chi connectivity index (χ0n) is 24.4. The second-order valence-corrected chi connectivity index (χ2v) is 12.6. The van der Waals surface area contributed by atoms with E-state index in [-0.39, 0.29) is 24.0 Å². The molecule has 2 aromatic carbocycles. The van der Waals surface area contributed by atoms with Crippen molar-refractivity contribution >= 4 is 17.9 Å². The first kappa shape index (κ1) is 31.0. The van der Waals surface area contributed by atoms with Crippen LogP contribution in [0.5, 0.6) is 0 Å². The van der Waals surface area contributed by atoms with E-state index in [4.69, 9.17) is 9.47 Å². The first-order valence-electron chi connectivity index (χ1n) is 14.3. The van der Waals surface area contributed by atoms with E-state index in [0.717, 1.165) is 50.3 Å². The highest BCUT2D eigenvalue weighted by Crippen LogP contribution is 2.50. The number of nitrogens with zero attached hydrogens (tertiary/aromatic N) is 2. The zero-order valence-corrected chi connectivity index (χ0v) is 24.4. The minimum Gasteiger partial charge on any atom is -0.453 e. The molecule has 1 saturated carbocycles. The number of aryl methyl sites for hydroxylation is 2. The van der Waals surface area contributed by atoms with Crippen molar-refractivity contribution in [2.45, 2.75) is 95.9 Å². The average molecular weight is 613 g/mol. The normalized spacial score (nSPS) is 20.4. The predicted molar refractivity (Wildman–Crippen MR) is 145 cm³/mol. The summed E-state index contributed by atoms with van der Waals surface area (Å²) in [6.45, 7) is 4.72. The summed E-state index contributed by atoms with van der Waals surface area (Å²) in [7, 11) is 1.11. The third-order valence-electron chi connectivity index (χ3n) is 8.20. The predicted octanol–water partition coefficient (Wildman–Crippen LogP) is 8.45. The largest absolute Gasteiger partial charge is 0.453 e. The number of amides is 2. The van der Waals surface area contributed by atoms with Gasteiger partial charge in [0, 0.05) is 12.6 Å². The lowest BCUT2D eigenvalue weighted by molar-refractivity contribution is -0.143. The highest BCUT2D eigenvalue weighted by atomic mass is 19.4. The molecule has 1 fully saturated rings. The number of carbonyl (C=O) groups excluding carboxylic acids is 2. The first-order chi connectivity index (χ1) is 20.0. The molecule has 1 aliphatic heterocycles. The van der Waals surface area contributed by atoms with Gasteiger partial charge in [-0.05, 0) is 112 Å². The van der Waals surface area contributed by atoms with Crippen LogP contribution in [-0.2, 0) is 41.2 Å². The Labute approximate surface area is 245 Å². The topological polar surface area (TPSA) is 59.1 Å². The third-order valence-corrected chi connectivity index (χ3v) is 8.20. The maximum Gasteiger partial charge on any atom is 0.416 e. The Morgan fingerprint density at radius 1 is 0.907 bits per heavy atom. The standard InChI is InChI=1S/C31H34F6N2O4/c1-29(2,3)43-28(41)39-24(18-8-9-18)15-25(23-12-19-6-5-7-20(19)13-26(23)39)38(27(40)42-4)16-17-10-21(30(32,33)34)14-22(11-17)31(35,36)37/h10-14,18,24-25H,5-9,15-16H2,1-4H3. The molecule has 2 atom stereocenters. The van der Waals surface area contributed by atoms with Gasteiger partial charge in [0.25, 0.3) is 0 Å². The number of methoxy groups -OCH3 is 1. The van der Waals surface area contributed by atoms with Gasteiger partial charge in [-0.25, -0.2) is 9.59 Å². The Kier molecular flexibility index (Phi) is 7.88. The number of hydrogen-bond acceptors (Lipinski definition) is 4. The van der Waals surface area contributed by atoms with E-state index >= 15 is 0 Å². The molecule has 2 aromatic rings. The lowest BCUT2D eigenvalue weighted by atomic mass is 9.86. The minimum absolute atomic E-state index is 0.0625. The number of rotatable bonds is 4. The molecule has 5 rings (SSSR count). The van der Waals surface area contributed by atoms with Crippen molar-refractivity contribution in [1.29, 1.82) is 0 Å². The highest BCUT2D eigenvalue weighted by Gasteiger charge is 2.48. The van der Waals surface area contributed by atoms with Gasteiger partial charge in [0.05, 0.1) is 30.0 Å². The van der Waals surface area contributed by atoms with Gasteiger partial charge in [0.15, 0.2) is 0 Å². The molecular weight excluding hydrogens is 578 g/mol. The monoisotopic (exact) mass is 612 g/mol. The quantitative estimate of drug-likeness (QED) is 0.325. The van der Waals surface area contributed by atoms with Gasteiger partial charge in [-0.15, -0.1) is 0 Å². The van der Waals surface area contributed by atoms with E-state index in [2.05, 4.69) is 0 Å². The van der Waals surface area contributed by atoms with Crippen LogP contribution in [0.15, 0.2) is 30.3 Å². The molecule has 12 heteroatoms. The fourth-order valence-corrected chi connectivity index (χ4v) is 6.20. The lowest BCUT2D eigenvalue weighted by Gasteiger charge is -2.45. The van der Waals surface area contributed by atoms with Gasteiger partial charge in [0.1, 0.15) is 5.60 Å². The smallest absolute Gasteiger partial charge is 0.416 e. The van der Waals surface area contributed by atoms with Crippen molar-refractivity contribution < 1.29 is 45.4 Å². The van der Waals surface area contributed by atoms with E-state index in [0.29, 0.717) is 23.4 Å². The number of ether oxygens (including phenoxy) is 2. The van der Waals surface area contributed by atoms with E-state index in [1.807, 2.05) is 12.1 Å². The van der Waals surface area contributed by atoms with Crippen LogP contribution in [0.2, 0.25) is 0 Å². The molecule has 3 aliphatic rings. The van der Waals surface area contributed by atoms with Crippen LogP contribution in [0, 0.1) is 5.92 Å². The molecule has 1 heterocycles. The Morgan fingerprint density at radius 2 is 1.49 bits per heavy atom. The molecule has 0 radical (unpaired) electrons. The summed E-state index contributed by atoms with van der Waals surface area (Å²) in [4.78, 5) is 29.7. The maximum absolute atomic E-state index is 13.6. The van der Waals surface area contributed by atoms with E-state index in [9.17, 15) is 35.9 Å². The molecule has 0 aromatic heterocycles. The summed E-state index contributed by atoms with van der Waals surface area (Å²) < 4.78 is 92.6. The molecule has 2 amide bonds. The number of benzene rings is 2. The van der Waals surface area contributed by atoms with Gasteiger partial charge in [0.2, 0.25) is 0 Å². The molecule has 2 aliphatic carbocycles. The van der Waals surface area contributed by atoms with Crippen LogP contribution in [0.1, 0.15) is 85.9 Å². The zero-order chi connectivity index (χ0) is 31.5. The Morgan fingerprint density at radius 3 is 2.00 bits per heavy atom. The van der Waals surface area contributed by atoms with Crippen LogP contribution < -0.4 is 4.90 Å². The Bertz CT molecular complexity index is 1380. The summed E-state index contributed by atoms with van der Waals surface area (Å²) in [5.74, 6) is 0.0984. The molecule has 0 bridgehead atoms. The molecule has 0 spiro atoms. The van der Waals surface area contributed by atoms with E-state index in [1.165, 1.54) is 4.90 Å². The van der Waals surface area contributed by atoms with E-state index < -0.39 is 59.9 Å². The fraction of sp³-hybridized carbons (Fsp3) is 0.548. The molecule has 0 saturated heterocycles. The average Bonchev–Trinajstić information content (AvgIpc) is 3.64. The third kappa shape index (κ3) is 6.57. The van der Waals surface area contributed by atoms with Gasteiger partial charge in [-0.1, -0.05) is 6.07 Å². The first-order valence-corrected chi connectivity index (χ1v) is 14.3. The maximum atomic E-state index is 13.6. The van der Waals surface area contributed by atoms with Crippen LogP contribution >= 0.6 is 0 Å². The van der Waals surface area contributed by atoms with Crippen LogP contribution in [0.25, 0.3) is 0 Å². The number of halogens is 6. The summed E-state index contributed by atoms with van der Waals surface area (Å²) in [5.41, 5.74) is -0.842. The highest BCUT2D eigenvalue weighted by molar-refractivity contribution is 5.91. The fourth-order valence-electron chi connectivity index (χ4n) is 6.20. The number of alkyl halides is 6. The molecule has 6 nitrogen and oxygen atoms in total. The van der Waals surface area contributed by atoms with Crippen molar-refractivity contribution in [2.24, 2.45) is 5.92 Å². The van der Waals surface area contributed by atoms with Crippen molar-refractivity contribution in [3.8, 4) is 0 Å². The van der Waals surface area contributed by atoms with Gasteiger partial charge >= 0.3 is 24.5 Å². The molecule has 43 heavy (non-hydrogen) atoms. The van der Waals surface area contributed by atoms with Crippen LogP contribution in [-0.4, -0.2) is 35.8 Å². The van der Waals surface area contributed by atoms with Crippen LogP contribution in [0.4, 0.5) is 41.6 Å². The molecule has 2 unspecified atom stereocenters. The summed E-state index contributed by atoms with van der Waals surface area (Å²) in [6, 6.07) is 3.98. The lowest BCUT2D eigenvalue weighted by Crippen LogP contribution is -2.51. The van der Waals surface area contributed by atoms with Crippen molar-refractivity contribution in [1.82, 2.24) is 4.90 Å². The van der Waals surface area contributed by atoms with Gasteiger partial charge in [-0.3, -0.25) is 9.80 Å². The number of hydrogen-bond donors (Lipinski definition) is 0. The SMILES string of the molecule is COC(=O)N(Cc1cc(C(F)(F)F)cc(C(F)(F)F)c1)C1CC(C2CC2)N(C(=O)OC(C)(C)C)c2cc3c(cc21)CCC3. The Hall–Kier alpha value is -3.44. The van der Waals surface area contributed by atoms with Gasteiger partial charge < -0.3 is 9.47 Å². The number of fused-ring (bicyclic) bond motifs is 2. The minimum atomic E-state index is -5.03. The number of anilines is 1. The second kappa shape index (κ2) is 10.9. The molecule has 234 valence electrons. The number of carbonyl (C=O) groups is 2. The molecular formula is C31H34F6N2O4. The summed E-state index contributed by atoms with van der Waals surface area (Å²) in [5, 5.41) is 0. The van der Waals surface area contributed by atoms with Crippen LogP contribution in [0.3, 0.4) is 0 Å². The summed E-state index contributed by atoms with van der Waals surface area (Å²) in [6.07, 6.45) is -7.16. The van der Waals surface area contributed by atoms with E-state index in [1.54, 1.807) is 25.7 Å². The Balaban J connectivity index is 1.63. The van der Waals surface area contributed by atoms with Crippen molar-refractivity contribution in [2.75, 3.05) is 12.0 Å². The van der Waals surface area contributed by atoms with Crippen molar-refractivity contribution in [3.05, 3.63) is 63.7 Å². The molecule has 0 N–H and O–H groups in total. The van der Waals surface area contributed by atoms with Gasteiger partial charge in [-0.2, -0.15) is 26.3 Å². The summed E-state index contributed by atoms with van der Waals surface area (Å²) >= 11 is 0. The van der Waals surface area contributed by atoms with Crippen molar-refractivity contribution in [3.63, 3.8) is 0 Å².